The highest BCUT2D eigenvalue weighted by atomic mass is 19.1. The van der Waals surface area contributed by atoms with E-state index in [9.17, 15) is 9.18 Å². The van der Waals surface area contributed by atoms with E-state index in [0.29, 0.717) is 18.1 Å². The summed E-state index contributed by atoms with van der Waals surface area (Å²) < 4.78 is 23.1. The van der Waals surface area contributed by atoms with Crippen LogP contribution in [0.4, 0.5) is 4.39 Å². The Bertz CT molecular complexity index is 544. The lowest BCUT2D eigenvalue weighted by atomic mass is 9.94. The van der Waals surface area contributed by atoms with Crippen LogP contribution in [0.5, 0.6) is 5.75 Å². The molecule has 23 heavy (non-hydrogen) atoms. The van der Waals surface area contributed by atoms with Crippen LogP contribution in [0.15, 0.2) is 18.2 Å². The number of esters is 1. The summed E-state index contributed by atoms with van der Waals surface area (Å²) in [5.74, 6) is 0.849. The number of ether oxygens (including phenoxy) is 2. The molecule has 1 unspecified atom stereocenters. The minimum atomic E-state index is -0.506. The maximum Gasteiger partial charge on any atom is 0.309 e. The second-order valence-corrected chi connectivity index (χ2v) is 7.31. The lowest BCUT2D eigenvalue weighted by Gasteiger charge is -2.23. The Kier molecular flexibility index (Phi) is 5.66. The van der Waals surface area contributed by atoms with Crippen LogP contribution in [0.3, 0.4) is 0 Å². The molecule has 0 heterocycles. The monoisotopic (exact) mass is 322 g/mol. The molecule has 1 aliphatic carbocycles. The minimum Gasteiger partial charge on any atom is -0.491 e. The van der Waals surface area contributed by atoms with Crippen LogP contribution >= 0.6 is 0 Å². The van der Waals surface area contributed by atoms with Gasteiger partial charge in [0.15, 0.2) is 0 Å². The first-order chi connectivity index (χ1) is 10.8. The van der Waals surface area contributed by atoms with Crippen molar-refractivity contribution in [1.29, 1.82) is 0 Å². The predicted molar refractivity (Wildman–Crippen MR) is 88.6 cm³/mol. The van der Waals surface area contributed by atoms with Crippen LogP contribution in [0.25, 0.3) is 0 Å². The molecule has 0 spiro atoms. The SMILES string of the molecule is CC(Cc1cc(OCCF)ccc1C1CC1)C(=O)OC(C)(C)C. The highest BCUT2D eigenvalue weighted by Crippen LogP contribution is 2.43. The molecule has 4 heteroatoms. The fourth-order valence-electron chi connectivity index (χ4n) is 2.61. The quantitative estimate of drug-likeness (QED) is 0.697. The molecule has 1 fully saturated rings. The number of alkyl halides is 1. The summed E-state index contributed by atoms with van der Waals surface area (Å²) >= 11 is 0. The van der Waals surface area contributed by atoms with Crippen molar-refractivity contribution >= 4 is 5.97 Å². The molecule has 1 aromatic rings. The fourth-order valence-corrected chi connectivity index (χ4v) is 2.61. The standard InChI is InChI=1S/C19H27FO3/c1-13(18(21)23-19(2,3)4)11-15-12-16(22-10-9-20)7-8-17(15)14-5-6-14/h7-8,12-14H,5-6,9-11H2,1-4H3. The number of benzene rings is 1. The van der Waals surface area contributed by atoms with E-state index in [1.807, 2.05) is 39.8 Å². The Morgan fingerprint density at radius 1 is 1.35 bits per heavy atom. The molecule has 2 rings (SSSR count). The van der Waals surface area contributed by atoms with Gasteiger partial charge in [0, 0.05) is 0 Å². The average Bonchev–Trinajstić information content (AvgIpc) is 3.28. The summed E-state index contributed by atoms with van der Waals surface area (Å²) in [4.78, 5) is 12.2. The summed E-state index contributed by atoms with van der Waals surface area (Å²) in [5, 5.41) is 0. The number of hydrogen-bond acceptors (Lipinski definition) is 3. The van der Waals surface area contributed by atoms with E-state index in [-0.39, 0.29) is 18.5 Å². The van der Waals surface area contributed by atoms with E-state index in [1.165, 1.54) is 18.4 Å². The lowest BCUT2D eigenvalue weighted by molar-refractivity contribution is -0.159. The molecule has 0 saturated heterocycles. The molecular formula is C19H27FO3. The molecule has 1 aliphatic rings. The van der Waals surface area contributed by atoms with Crippen LogP contribution < -0.4 is 4.74 Å². The molecule has 0 bridgehead atoms. The van der Waals surface area contributed by atoms with Crippen LogP contribution in [0.2, 0.25) is 0 Å². The summed E-state index contributed by atoms with van der Waals surface area (Å²) in [6, 6.07) is 5.90. The molecule has 0 N–H and O–H groups in total. The van der Waals surface area contributed by atoms with Crippen molar-refractivity contribution in [1.82, 2.24) is 0 Å². The molecule has 0 amide bonds. The van der Waals surface area contributed by atoms with Gasteiger partial charge in [0.25, 0.3) is 0 Å². The van der Waals surface area contributed by atoms with Gasteiger partial charge >= 0.3 is 5.97 Å². The van der Waals surface area contributed by atoms with Crippen molar-refractivity contribution in [3.8, 4) is 5.75 Å². The van der Waals surface area contributed by atoms with Crippen molar-refractivity contribution in [2.24, 2.45) is 5.92 Å². The Hall–Kier alpha value is -1.58. The van der Waals surface area contributed by atoms with Crippen molar-refractivity contribution in [2.75, 3.05) is 13.3 Å². The normalized spacial score (nSPS) is 16.0. The van der Waals surface area contributed by atoms with Gasteiger partial charge in [-0.1, -0.05) is 13.0 Å². The zero-order valence-electron chi connectivity index (χ0n) is 14.5. The van der Waals surface area contributed by atoms with Gasteiger partial charge in [-0.05, 0) is 69.2 Å². The van der Waals surface area contributed by atoms with Crippen LogP contribution in [0.1, 0.15) is 57.6 Å². The minimum absolute atomic E-state index is 0.0594. The number of carbonyl (C=O) groups is 1. The first-order valence-corrected chi connectivity index (χ1v) is 8.34. The third-order valence-corrected chi connectivity index (χ3v) is 3.81. The zero-order valence-corrected chi connectivity index (χ0v) is 14.5. The van der Waals surface area contributed by atoms with Crippen molar-refractivity contribution in [3.63, 3.8) is 0 Å². The number of rotatable bonds is 7. The zero-order chi connectivity index (χ0) is 17.0. The Morgan fingerprint density at radius 3 is 2.61 bits per heavy atom. The van der Waals surface area contributed by atoms with Crippen LogP contribution in [-0.4, -0.2) is 24.9 Å². The van der Waals surface area contributed by atoms with Gasteiger partial charge in [0.2, 0.25) is 0 Å². The fraction of sp³-hybridized carbons (Fsp3) is 0.632. The maximum atomic E-state index is 12.3. The van der Waals surface area contributed by atoms with Crippen molar-refractivity contribution in [2.45, 2.75) is 58.5 Å². The third-order valence-electron chi connectivity index (χ3n) is 3.81. The van der Waals surface area contributed by atoms with E-state index in [0.717, 1.165) is 5.56 Å². The third kappa shape index (κ3) is 5.52. The largest absolute Gasteiger partial charge is 0.491 e. The smallest absolute Gasteiger partial charge is 0.309 e. The second kappa shape index (κ2) is 7.33. The average molecular weight is 322 g/mol. The second-order valence-electron chi connectivity index (χ2n) is 7.31. The van der Waals surface area contributed by atoms with E-state index >= 15 is 0 Å². The first kappa shape index (κ1) is 17.8. The van der Waals surface area contributed by atoms with Gasteiger partial charge in [-0.2, -0.15) is 0 Å². The Labute approximate surface area is 138 Å². The molecule has 128 valence electrons. The van der Waals surface area contributed by atoms with Crippen LogP contribution in [-0.2, 0) is 16.0 Å². The highest BCUT2D eigenvalue weighted by molar-refractivity contribution is 5.73. The van der Waals surface area contributed by atoms with Gasteiger partial charge < -0.3 is 9.47 Å². The van der Waals surface area contributed by atoms with Gasteiger partial charge in [-0.3, -0.25) is 4.79 Å². The molecule has 0 aromatic heterocycles. The maximum absolute atomic E-state index is 12.3. The topological polar surface area (TPSA) is 35.5 Å². The summed E-state index contributed by atoms with van der Waals surface area (Å²) in [6.07, 6.45) is 3.00. The predicted octanol–water partition coefficient (Wildman–Crippen LogP) is 4.43. The first-order valence-electron chi connectivity index (χ1n) is 8.34. The molecule has 1 atom stereocenters. The van der Waals surface area contributed by atoms with Gasteiger partial charge in [-0.15, -0.1) is 0 Å². The van der Waals surface area contributed by atoms with Gasteiger partial charge in [0.1, 0.15) is 24.6 Å². The summed E-state index contributed by atoms with van der Waals surface area (Å²) in [7, 11) is 0. The lowest BCUT2D eigenvalue weighted by Crippen LogP contribution is -2.28. The molecule has 1 aromatic carbocycles. The molecule has 3 nitrogen and oxygen atoms in total. The Balaban J connectivity index is 2.11. The number of halogens is 1. The summed E-state index contributed by atoms with van der Waals surface area (Å²) in [5.41, 5.74) is 1.92. The van der Waals surface area contributed by atoms with Crippen molar-refractivity contribution in [3.05, 3.63) is 29.3 Å². The summed E-state index contributed by atoms with van der Waals surface area (Å²) in [6.45, 7) is 7.06. The Morgan fingerprint density at radius 2 is 2.04 bits per heavy atom. The molecule has 1 saturated carbocycles. The van der Waals surface area contributed by atoms with Crippen molar-refractivity contribution < 1.29 is 18.7 Å². The number of hydrogen-bond donors (Lipinski definition) is 0. The highest BCUT2D eigenvalue weighted by Gasteiger charge is 2.28. The van der Waals surface area contributed by atoms with Gasteiger partial charge in [-0.25, -0.2) is 4.39 Å². The van der Waals surface area contributed by atoms with E-state index in [2.05, 4.69) is 6.07 Å². The van der Waals surface area contributed by atoms with E-state index in [4.69, 9.17) is 9.47 Å². The van der Waals surface area contributed by atoms with Crippen LogP contribution in [0, 0.1) is 5.92 Å². The molecule has 0 aliphatic heterocycles. The van der Waals surface area contributed by atoms with Gasteiger partial charge in [0.05, 0.1) is 5.92 Å². The van der Waals surface area contributed by atoms with E-state index < -0.39 is 12.3 Å². The molecular weight excluding hydrogens is 295 g/mol. The van der Waals surface area contributed by atoms with E-state index in [1.54, 1.807) is 0 Å². The molecule has 0 radical (unpaired) electrons. The number of carbonyl (C=O) groups excluding carboxylic acids is 1.